The number of hydrazone groups is 1. The quantitative estimate of drug-likeness (QED) is 0.226. The highest BCUT2D eigenvalue weighted by atomic mass is 79.9. The third-order valence-electron chi connectivity index (χ3n) is 4.24. The van der Waals surface area contributed by atoms with Gasteiger partial charge >= 0.3 is 5.97 Å². The van der Waals surface area contributed by atoms with Crippen LogP contribution in [0.1, 0.15) is 31.8 Å². The maximum absolute atomic E-state index is 12.2. The second-order valence-electron chi connectivity index (χ2n) is 6.81. The molecule has 3 aromatic carbocycles. The van der Waals surface area contributed by atoms with Gasteiger partial charge in [0.25, 0.3) is 11.8 Å². The van der Waals surface area contributed by atoms with Crippen molar-refractivity contribution in [1.29, 1.82) is 0 Å². The lowest BCUT2D eigenvalue weighted by atomic mass is 10.1. The number of esters is 1. The van der Waals surface area contributed by atoms with Crippen molar-refractivity contribution >= 4 is 39.9 Å². The summed E-state index contributed by atoms with van der Waals surface area (Å²) in [6, 6.07) is 20.6. The van der Waals surface area contributed by atoms with E-state index in [9.17, 15) is 14.4 Å². The number of hydrogen-bond acceptors (Lipinski definition) is 5. The van der Waals surface area contributed by atoms with Gasteiger partial charge in [-0.1, -0.05) is 39.7 Å². The van der Waals surface area contributed by atoms with Crippen molar-refractivity contribution in [2.24, 2.45) is 5.10 Å². The molecule has 0 saturated heterocycles. The van der Waals surface area contributed by atoms with Gasteiger partial charge in [-0.15, -0.1) is 0 Å². The van der Waals surface area contributed by atoms with Crippen LogP contribution in [-0.4, -0.2) is 30.5 Å². The minimum Gasteiger partial charge on any atom is -0.423 e. The number of carbonyl (C=O) groups excluding carboxylic acids is 3. The molecule has 2 amide bonds. The topological polar surface area (TPSA) is 96.9 Å². The smallest absolute Gasteiger partial charge is 0.343 e. The van der Waals surface area contributed by atoms with E-state index in [1.165, 1.54) is 6.21 Å². The molecule has 8 heteroatoms. The second-order valence-corrected chi connectivity index (χ2v) is 7.73. The summed E-state index contributed by atoms with van der Waals surface area (Å²) in [5.41, 5.74) is 4.92. The lowest BCUT2D eigenvalue weighted by molar-refractivity contribution is -0.120. The Bertz CT molecular complexity index is 1160. The number of halogens is 1. The van der Waals surface area contributed by atoms with E-state index in [0.29, 0.717) is 22.4 Å². The number of rotatable bonds is 7. The van der Waals surface area contributed by atoms with Crippen LogP contribution in [0.5, 0.6) is 5.75 Å². The summed E-state index contributed by atoms with van der Waals surface area (Å²) >= 11 is 3.32. The molecule has 0 spiro atoms. The average molecular weight is 494 g/mol. The molecule has 0 atom stereocenters. The first-order valence-electron chi connectivity index (χ1n) is 9.65. The Hall–Kier alpha value is -3.78. The molecule has 0 heterocycles. The van der Waals surface area contributed by atoms with Crippen molar-refractivity contribution < 1.29 is 19.1 Å². The molecule has 0 aliphatic rings. The van der Waals surface area contributed by atoms with E-state index in [-0.39, 0.29) is 12.5 Å². The van der Waals surface area contributed by atoms with Crippen molar-refractivity contribution in [3.63, 3.8) is 0 Å². The second kappa shape index (κ2) is 11.0. The fourth-order valence-corrected chi connectivity index (χ4v) is 3.07. The molecule has 0 saturated carbocycles. The lowest BCUT2D eigenvalue weighted by Gasteiger charge is -2.05. The molecular formula is C24H20BrN3O4. The predicted molar refractivity (Wildman–Crippen MR) is 125 cm³/mol. The number of carbonyl (C=O) groups is 3. The Kier molecular flexibility index (Phi) is 7.88. The minimum atomic E-state index is -0.465. The number of benzene rings is 3. The molecule has 2 N–H and O–H groups in total. The van der Waals surface area contributed by atoms with E-state index < -0.39 is 11.9 Å². The maximum Gasteiger partial charge on any atom is 0.343 e. The highest BCUT2D eigenvalue weighted by Crippen LogP contribution is 2.16. The molecule has 7 nitrogen and oxygen atoms in total. The van der Waals surface area contributed by atoms with Crippen LogP contribution in [0, 0.1) is 6.92 Å². The third-order valence-corrected chi connectivity index (χ3v) is 4.74. The molecule has 3 aromatic rings. The van der Waals surface area contributed by atoms with Crippen molar-refractivity contribution in [2.75, 3.05) is 6.54 Å². The Labute approximate surface area is 193 Å². The lowest BCUT2D eigenvalue weighted by Crippen LogP contribution is -2.34. The van der Waals surface area contributed by atoms with Crippen LogP contribution in [0.2, 0.25) is 0 Å². The Morgan fingerprint density at radius 1 is 0.969 bits per heavy atom. The van der Waals surface area contributed by atoms with Gasteiger partial charge in [0.15, 0.2) is 0 Å². The van der Waals surface area contributed by atoms with E-state index in [1.54, 1.807) is 60.7 Å². The first-order valence-corrected chi connectivity index (χ1v) is 10.4. The van der Waals surface area contributed by atoms with Gasteiger partial charge in [0.05, 0.1) is 18.3 Å². The summed E-state index contributed by atoms with van der Waals surface area (Å²) < 4.78 is 6.12. The van der Waals surface area contributed by atoms with Gasteiger partial charge in [0, 0.05) is 10.0 Å². The van der Waals surface area contributed by atoms with Gasteiger partial charge < -0.3 is 10.1 Å². The highest BCUT2D eigenvalue weighted by Gasteiger charge is 2.09. The van der Waals surface area contributed by atoms with Crippen molar-refractivity contribution in [1.82, 2.24) is 10.7 Å². The van der Waals surface area contributed by atoms with Crippen LogP contribution < -0.4 is 15.5 Å². The van der Waals surface area contributed by atoms with Gasteiger partial charge in [-0.25, -0.2) is 10.2 Å². The first kappa shape index (κ1) is 22.9. The predicted octanol–water partition coefficient (Wildman–Crippen LogP) is 3.86. The van der Waals surface area contributed by atoms with E-state index >= 15 is 0 Å². The fourth-order valence-electron chi connectivity index (χ4n) is 2.67. The minimum absolute atomic E-state index is 0.200. The molecule has 0 unspecified atom stereocenters. The van der Waals surface area contributed by atoms with Crippen molar-refractivity contribution in [3.8, 4) is 5.75 Å². The van der Waals surface area contributed by atoms with Crippen LogP contribution in [0.25, 0.3) is 0 Å². The molecular weight excluding hydrogens is 474 g/mol. The summed E-state index contributed by atoms with van der Waals surface area (Å²) in [4.78, 5) is 36.1. The summed E-state index contributed by atoms with van der Waals surface area (Å²) in [5, 5.41) is 6.41. The molecule has 0 aliphatic carbocycles. The van der Waals surface area contributed by atoms with E-state index in [1.807, 2.05) is 19.1 Å². The van der Waals surface area contributed by atoms with Crippen LogP contribution in [0.4, 0.5) is 0 Å². The van der Waals surface area contributed by atoms with Gasteiger partial charge in [-0.3, -0.25) is 9.59 Å². The highest BCUT2D eigenvalue weighted by molar-refractivity contribution is 9.10. The number of ether oxygens (including phenoxy) is 1. The SMILES string of the molecule is Cc1cccc(C(=O)NCC(=O)N/N=C\c2ccc(OC(=O)c3cccc(Br)c3)cc2)c1. The van der Waals surface area contributed by atoms with Gasteiger partial charge in [-0.2, -0.15) is 5.10 Å². The zero-order valence-corrected chi connectivity index (χ0v) is 18.8. The first-order chi connectivity index (χ1) is 15.4. The van der Waals surface area contributed by atoms with Crippen LogP contribution in [0.15, 0.2) is 82.4 Å². The average Bonchev–Trinajstić information content (AvgIpc) is 2.78. The molecule has 0 fully saturated rings. The summed E-state index contributed by atoms with van der Waals surface area (Å²) in [7, 11) is 0. The molecule has 162 valence electrons. The largest absolute Gasteiger partial charge is 0.423 e. The molecule has 0 aromatic heterocycles. The van der Waals surface area contributed by atoms with Crippen LogP contribution >= 0.6 is 15.9 Å². The van der Waals surface area contributed by atoms with E-state index in [2.05, 4.69) is 31.8 Å². The van der Waals surface area contributed by atoms with Crippen LogP contribution in [-0.2, 0) is 4.79 Å². The summed E-state index contributed by atoms with van der Waals surface area (Å²) in [6.07, 6.45) is 1.44. The molecule has 0 bridgehead atoms. The number of aryl methyl sites for hydroxylation is 1. The molecule has 0 aliphatic heterocycles. The summed E-state index contributed by atoms with van der Waals surface area (Å²) in [5.74, 6) is -0.870. The number of nitrogens with zero attached hydrogens (tertiary/aromatic N) is 1. The van der Waals surface area contributed by atoms with E-state index in [4.69, 9.17) is 4.74 Å². The number of nitrogens with one attached hydrogen (secondary N) is 2. The zero-order chi connectivity index (χ0) is 22.9. The van der Waals surface area contributed by atoms with E-state index in [0.717, 1.165) is 10.0 Å². The molecule has 0 radical (unpaired) electrons. The van der Waals surface area contributed by atoms with Gasteiger partial charge in [0.1, 0.15) is 5.75 Å². The Morgan fingerprint density at radius 2 is 1.69 bits per heavy atom. The maximum atomic E-state index is 12.2. The fraction of sp³-hybridized carbons (Fsp3) is 0.0833. The van der Waals surface area contributed by atoms with Crippen molar-refractivity contribution in [2.45, 2.75) is 6.92 Å². The third kappa shape index (κ3) is 6.88. The van der Waals surface area contributed by atoms with Crippen molar-refractivity contribution in [3.05, 3.63) is 99.5 Å². The molecule has 32 heavy (non-hydrogen) atoms. The van der Waals surface area contributed by atoms with Crippen LogP contribution in [0.3, 0.4) is 0 Å². The Morgan fingerprint density at radius 3 is 2.41 bits per heavy atom. The standard InChI is InChI=1S/C24H20BrN3O4/c1-16-4-2-5-18(12-16)23(30)26-15-22(29)28-27-14-17-8-10-21(11-9-17)32-24(31)19-6-3-7-20(25)13-19/h2-14H,15H2,1H3,(H,26,30)(H,28,29)/b27-14-. The van der Waals surface area contributed by atoms with Gasteiger partial charge in [-0.05, 0) is 67.1 Å². The number of amides is 2. The van der Waals surface area contributed by atoms with Gasteiger partial charge in [0.2, 0.25) is 0 Å². The monoisotopic (exact) mass is 493 g/mol. The zero-order valence-electron chi connectivity index (χ0n) is 17.2. The Balaban J connectivity index is 1.45. The normalized spacial score (nSPS) is 10.6. The molecule has 3 rings (SSSR count). The summed E-state index contributed by atoms with van der Waals surface area (Å²) in [6.45, 7) is 1.69. The number of hydrogen-bond donors (Lipinski definition) is 2.